The van der Waals surface area contributed by atoms with Gasteiger partial charge < -0.3 is 15.0 Å². The van der Waals surface area contributed by atoms with Gasteiger partial charge >= 0.3 is 6.01 Å². The van der Waals surface area contributed by atoms with Crippen LogP contribution in [0.1, 0.15) is 39.8 Å². The molecule has 0 aliphatic carbocycles. The Morgan fingerprint density at radius 2 is 2.03 bits per heavy atom. The van der Waals surface area contributed by atoms with Crippen LogP contribution in [0.5, 0.6) is 6.01 Å². The maximum Gasteiger partial charge on any atom is 0.317 e. The van der Waals surface area contributed by atoms with Gasteiger partial charge in [-0.05, 0) is 45.4 Å². The Hall–Kier alpha value is -3.49. The molecule has 3 aromatic heterocycles. The van der Waals surface area contributed by atoms with Crippen LogP contribution in [0.3, 0.4) is 0 Å². The van der Waals surface area contributed by atoms with Gasteiger partial charge in [0.05, 0.1) is 18.0 Å². The van der Waals surface area contributed by atoms with E-state index in [0.29, 0.717) is 23.4 Å². The predicted molar refractivity (Wildman–Crippen MR) is 108 cm³/mol. The third-order valence-electron chi connectivity index (χ3n) is 4.60. The number of H-pyrrole nitrogens is 1. The quantitative estimate of drug-likeness (QED) is 0.657. The minimum absolute atomic E-state index is 0.0920. The van der Waals surface area contributed by atoms with E-state index in [1.807, 2.05) is 32.9 Å². The molecule has 3 rings (SSSR count). The number of carbonyl (C=O) groups is 1. The second-order valence-corrected chi connectivity index (χ2v) is 6.73. The van der Waals surface area contributed by atoms with Gasteiger partial charge in [-0.2, -0.15) is 15.1 Å². The SMILES string of the molecule is CCOc1nc(C(=O)NCc2c(C)cc(C)[nH]c2=O)c(C)c(-c2ccnn2C)n1. The number of hydrogen-bond acceptors (Lipinski definition) is 6. The largest absolute Gasteiger partial charge is 0.464 e. The number of nitrogens with zero attached hydrogens (tertiary/aromatic N) is 4. The van der Waals surface area contributed by atoms with Gasteiger partial charge in [0.25, 0.3) is 11.5 Å². The fraction of sp³-hybridized carbons (Fsp3) is 0.350. The molecule has 0 bridgehead atoms. The first-order valence-electron chi connectivity index (χ1n) is 9.29. The van der Waals surface area contributed by atoms with Gasteiger partial charge in [-0.25, -0.2) is 0 Å². The highest BCUT2D eigenvalue weighted by Crippen LogP contribution is 2.24. The molecule has 1 amide bonds. The summed E-state index contributed by atoms with van der Waals surface area (Å²) in [6.07, 6.45) is 1.66. The van der Waals surface area contributed by atoms with Crippen LogP contribution >= 0.6 is 0 Å². The van der Waals surface area contributed by atoms with Gasteiger partial charge in [0.2, 0.25) is 0 Å². The van der Waals surface area contributed by atoms with Crippen molar-refractivity contribution in [1.82, 2.24) is 30.0 Å². The summed E-state index contributed by atoms with van der Waals surface area (Å²) < 4.78 is 7.13. The molecule has 0 unspecified atom stereocenters. The minimum Gasteiger partial charge on any atom is -0.464 e. The normalized spacial score (nSPS) is 10.8. The zero-order valence-electron chi connectivity index (χ0n) is 17.2. The van der Waals surface area contributed by atoms with Crippen LogP contribution in [0.15, 0.2) is 23.1 Å². The van der Waals surface area contributed by atoms with Crippen molar-refractivity contribution in [3.8, 4) is 17.4 Å². The van der Waals surface area contributed by atoms with Crippen molar-refractivity contribution < 1.29 is 9.53 Å². The van der Waals surface area contributed by atoms with E-state index in [0.717, 1.165) is 17.0 Å². The zero-order chi connectivity index (χ0) is 21.1. The molecule has 2 N–H and O–H groups in total. The van der Waals surface area contributed by atoms with Crippen LogP contribution in [0.25, 0.3) is 11.4 Å². The first-order valence-corrected chi connectivity index (χ1v) is 9.29. The fourth-order valence-corrected chi connectivity index (χ4v) is 3.12. The minimum atomic E-state index is -0.409. The van der Waals surface area contributed by atoms with Crippen molar-refractivity contribution >= 4 is 5.91 Å². The van der Waals surface area contributed by atoms with Gasteiger partial charge in [-0.3, -0.25) is 14.3 Å². The average Bonchev–Trinajstić information content (AvgIpc) is 3.08. The Morgan fingerprint density at radius 1 is 1.28 bits per heavy atom. The Labute approximate surface area is 168 Å². The molecule has 0 spiro atoms. The molecule has 0 aliphatic heterocycles. The number of carbonyl (C=O) groups excluding carboxylic acids is 1. The van der Waals surface area contributed by atoms with Crippen molar-refractivity contribution in [2.45, 2.75) is 34.2 Å². The topological polar surface area (TPSA) is 115 Å². The Kier molecular flexibility index (Phi) is 5.76. The van der Waals surface area contributed by atoms with Gasteiger partial charge in [0.1, 0.15) is 5.69 Å². The first-order chi connectivity index (χ1) is 13.8. The van der Waals surface area contributed by atoms with Gasteiger partial charge in [0.15, 0.2) is 0 Å². The fourth-order valence-electron chi connectivity index (χ4n) is 3.12. The van der Waals surface area contributed by atoms with Crippen molar-refractivity contribution in [2.75, 3.05) is 6.61 Å². The molecule has 152 valence electrons. The summed E-state index contributed by atoms with van der Waals surface area (Å²) >= 11 is 0. The number of aromatic amines is 1. The van der Waals surface area contributed by atoms with Crippen LogP contribution in [-0.2, 0) is 13.6 Å². The second-order valence-electron chi connectivity index (χ2n) is 6.73. The van der Waals surface area contributed by atoms with E-state index < -0.39 is 5.91 Å². The second kappa shape index (κ2) is 8.26. The van der Waals surface area contributed by atoms with Gasteiger partial charge in [-0.15, -0.1) is 0 Å². The summed E-state index contributed by atoms with van der Waals surface area (Å²) in [6, 6.07) is 3.79. The number of pyridine rings is 1. The average molecular weight is 396 g/mol. The molecule has 0 aliphatic rings. The lowest BCUT2D eigenvalue weighted by Gasteiger charge is -2.13. The summed E-state index contributed by atoms with van der Waals surface area (Å²) in [7, 11) is 1.80. The number of ether oxygens (including phenoxy) is 1. The van der Waals surface area contributed by atoms with E-state index in [4.69, 9.17) is 4.74 Å². The molecule has 0 atom stereocenters. The van der Waals surface area contributed by atoms with E-state index in [9.17, 15) is 9.59 Å². The number of amides is 1. The molecule has 9 heteroatoms. The zero-order valence-corrected chi connectivity index (χ0v) is 17.2. The van der Waals surface area contributed by atoms with E-state index in [-0.39, 0.29) is 23.8 Å². The molecule has 3 aromatic rings. The number of nitrogens with one attached hydrogen (secondary N) is 2. The Balaban J connectivity index is 1.95. The van der Waals surface area contributed by atoms with Crippen LogP contribution in [-0.4, -0.2) is 37.2 Å². The summed E-state index contributed by atoms with van der Waals surface area (Å²) in [6.45, 7) is 7.71. The van der Waals surface area contributed by atoms with Crippen LogP contribution in [0, 0.1) is 20.8 Å². The molecule has 9 nitrogen and oxygen atoms in total. The number of hydrogen-bond donors (Lipinski definition) is 2. The molecular formula is C20H24N6O3. The molecule has 0 radical (unpaired) electrons. The molecular weight excluding hydrogens is 372 g/mol. The number of aromatic nitrogens is 5. The maximum atomic E-state index is 12.9. The highest BCUT2D eigenvalue weighted by Gasteiger charge is 2.21. The predicted octanol–water partition coefficient (Wildman–Crippen LogP) is 1.82. The smallest absolute Gasteiger partial charge is 0.317 e. The van der Waals surface area contributed by atoms with Crippen LogP contribution < -0.4 is 15.6 Å². The lowest BCUT2D eigenvalue weighted by Crippen LogP contribution is -2.29. The Morgan fingerprint density at radius 3 is 2.66 bits per heavy atom. The highest BCUT2D eigenvalue weighted by atomic mass is 16.5. The highest BCUT2D eigenvalue weighted by molar-refractivity contribution is 5.95. The molecule has 0 saturated carbocycles. The van der Waals surface area contributed by atoms with E-state index >= 15 is 0 Å². The third kappa shape index (κ3) is 4.18. The maximum absolute atomic E-state index is 12.9. The van der Waals surface area contributed by atoms with Gasteiger partial charge in [0, 0.05) is 36.6 Å². The lowest BCUT2D eigenvalue weighted by atomic mass is 10.1. The molecule has 3 heterocycles. The van der Waals surface area contributed by atoms with Crippen molar-refractivity contribution in [1.29, 1.82) is 0 Å². The summed E-state index contributed by atoms with van der Waals surface area (Å²) in [5.41, 5.74) is 3.99. The number of rotatable bonds is 6. The molecule has 0 fully saturated rings. The van der Waals surface area contributed by atoms with Crippen LogP contribution in [0.2, 0.25) is 0 Å². The van der Waals surface area contributed by atoms with Crippen molar-refractivity contribution in [3.05, 3.63) is 56.8 Å². The Bertz CT molecular complexity index is 1120. The first kappa shape index (κ1) is 20.2. The summed E-state index contributed by atoms with van der Waals surface area (Å²) in [5.74, 6) is -0.409. The number of aryl methyl sites for hydroxylation is 3. The monoisotopic (exact) mass is 396 g/mol. The van der Waals surface area contributed by atoms with E-state index in [2.05, 4.69) is 25.4 Å². The standard InChI is InChI=1S/C20H24N6O3/c1-6-29-20-24-16(15-7-8-22-26(15)5)13(4)17(25-20)19(28)21-10-14-11(2)9-12(3)23-18(14)27/h7-9H,6,10H2,1-5H3,(H,21,28)(H,23,27). The summed E-state index contributed by atoms with van der Waals surface area (Å²) in [5, 5.41) is 6.95. The summed E-state index contributed by atoms with van der Waals surface area (Å²) in [4.78, 5) is 36.6. The van der Waals surface area contributed by atoms with Crippen molar-refractivity contribution in [2.24, 2.45) is 7.05 Å². The van der Waals surface area contributed by atoms with Crippen molar-refractivity contribution in [3.63, 3.8) is 0 Å². The van der Waals surface area contributed by atoms with Gasteiger partial charge in [-0.1, -0.05) is 0 Å². The molecule has 0 saturated heterocycles. The third-order valence-corrected chi connectivity index (χ3v) is 4.60. The van der Waals surface area contributed by atoms with E-state index in [1.54, 1.807) is 24.9 Å². The molecule has 29 heavy (non-hydrogen) atoms. The van der Waals surface area contributed by atoms with Crippen LogP contribution in [0.4, 0.5) is 0 Å². The lowest BCUT2D eigenvalue weighted by molar-refractivity contribution is 0.0943. The molecule has 0 aromatic carbocycles. The van der Waals surface area contributed by atoms with E-state index in [1.165, 1.54) is 0 Å².